The van der Waals surface area contributed by atoms with Crippen LogP contribution in [0.2, 0.25) is 0 Å². The van der Waals surface area contributed by atoms with Crippen molar-refractivity contribution in [3.63, 3.8) is 0 Å². The Morgan fingerprint density at radius 1 is 1.00 bits per heavy atom. The number of aromatic nitrogens is 1. The first-order valence-electron chi connectivity index (χ1n) is 9.52. The minimum atomic E-state index is -3.76. The summed E-state index contributed by atoms with van der Waals surface area (Å²) in [5.41, 5.74) is 1.70. The van der Waals surface area contributed by atoms with Gasteiger partial charge in [0, 0.05) is 36.1 Å². The smallest absolute Gasteiger partial charge is 0.261 e. The molecule has 0 radical (unpaired) electrons. The van der Waals surface area contributed by atoms with Crippen LogP contribution in [0.15, 0.2) is 77.8 Å². The molecule has 7 nitrogen and oxygen atoms in total. The van der Waals surface area contributed by atoms with Gasteiger partial charge in [0.1, 0.15) is 5.75 Å². The van der Waals surface area contributed by atoms with E-state index in [-0.39, 0.29) is 10.8 Å². The van der Waals surface area contributed by atoms with Gasteiger partial charge in [0.2, 0.25) is 0 Å². The number of anilines is 1. The Balaban J connectivity index is 1.58. The SMILES string of the molecule is CCOc1ccc(NS(=O)(=O)c2ccc(C(=O)NCCc3ccccn3)cc2)cc1. The van der Waals surface area contributed by atoms with E-state index in [0.29, 0.717) is 36.6 Å². The fourth-order valence-electron chi connectivity index (χ4n) is 2.74. The molecule has 0 aliphatic heterocycles. The van der Waals surface area contributed by atoms with Gasteiger partial charge in [-0.15, -0.1) is 0 Å². The Hall–Kier alpha value is -3.39. The lowest BCUT2D eigenvalue weighted by Crippen LogP contribution is -2.26. The monoisotopic (exact) mass is 425 g/mol. The number of pyridine rings is 1. The predicted octanol–water partition coefficient (Wildman–Crippen LogP) is 3.25. The van der Waals surface area contributed by atoms with Crippen LogP contribution >= 0.6 is 0 Å². The molecule has 0 atom stereocenters. The Labute approximate surface area is 176 Å². The minimum absolute atomic E-state index is 0.0708. The average Bonchev–Trinajstić information content (AvgIpc) is 2.76. The van der Waals surface area contributed by atoms with E-state index in [9.17, 15) is 13.2 Å². The number of carbonyl (C=O) groups excluding carboxylic acids is 1. The minimum Gasteiger partial charge on any atom is -0.494 e. The van der Waals surface area contributed by atoms with E-state index in [2.05, 4.69) is 15.0 Å². The van der Waals surface area contributed by atoms with E-state index in [1.807, 2.05) is 25.1 Å². The molecule has 30 heavy (non-hydrogen) atoms. The van der Waals surface area contributed by atoms with Crippen molar-refractivity contribution in [1.82, 2.24) is 10.3 Å². The van der Waals surface area contributed by atoms with Crippen LogP contribution < -0.4 is 14.8 Å². The molecule has 8 heteroatoms. The molecule has 0 spiro atoms. The van der Waals surface area contributed by atoms with Crippen molar-refractivity contribution in [2.75, 3.05) is 17.9 Å². The number of carbonyl (C=O) groups is 1. The van der Waals surface area contributed by atoms with E-state index in [0.717, 1.165) is 5.69 Å². The summed E-state index contributed by atoms with van der Waals surface area (Å²) in [4.78, 5) is 16.5. The van der Waals surface area contributed by atoms with E-state index in [1.54, 1.807) is 30.5 Å². The Bertz CT molecular complexity index is 1070. The zero-order valence-electron chi connectivity index (χ0n) is 16.5. The van der Waals surface area contributed by atoms with Gasteiger partial charge in [-0.05, 0) is 67.6 Å². The van der Waals surface area contributed by atoms with E-state index in [4.69, 9.17) is 4.74 Å². The maximum atomic E-state index is 12.6. The normalized spacial score (nSPS) is 11.0. The summed E-state index contributed by atoms with van der Waals surface area (Å²) in [5.74, 6) is 0.396. The standard InChI is InChI=1S/C22H23N3O4S/c1-2-29-20-10-8-19(9-11-20)25-30(27,28)21-12-6-17(7-13-21)22(26)24-16-14-18-5-3-4-15-23-18/h3-13,15,25H,2,14,16H2,1H3,(H,24,26). The first-order chi connectivity index (χ1) is 14.5. The molecule has 1 amide bonds. The molecule has 0 bridgehead atoms. The van der Waals surface area contributed by atoms with Gasteiger partial charge in [0.25, 0.3) is 15.9 Å². The number of nitrogens with zero attached hydrogens (tertiary/aromatic N) is 1. The number of ether oxygens (including phenoxy) is 1. The highest BCUT2D eigenvalue weighted by Crippen LogP contribution is 2.20. The number of amides is 1. The summed E-state index contributed by atoms with van der Waals surface area (Å²) in [6, 6.07) is 18.1. The highest BCUT2D eigenvalue weighted by Gasteiger charge is 2.15. The molecule has 0 saturated carbocycles. The van der Waals surface area contributed by atoms with Gasteiger partial charge < -0.3 is 10.1 Å². The second-order valence-corrected chi connectivity index (χ2v) is 8.10. The average molecular weight is 426 g/mol. The number of benzene rings is 2. The first-order valence-corrected chi connectivity index (χ1v) is 11.0. The summed E-state index contributed by atoms with van der Waals surface area (Å²) in [6.07, 6.45) is 2.32. The number of rotatable bonds is 9. The van der Waals surface area contributed by atoms with Gasteiger partial charge in [-0.25, -0.2) is 8.42 Å². The van der Waals surface area contributed by atoms with Crippen LogP contribution in [0.3, 0.4) is 0 Å². The van der Waals surface area contributed by atoms with Crippen LogP contribution in [0.25, 0.3) is 0 Å². The first kappa shape index (κ1) is 21.3. The molecule has 2 N–H and O–H groups in total. The van der Waals surface area contributed by atoms with Crippen LogP contribution in [0.5, 0.6) is 5.75 Å². The lowest BCUT2D eigenvalue weighted by atomic mass is 10.2. The molecule has 156 valence electrons. The highest BCUT2D eigenvalue weighted by atomic mass is 32.2. The van der Waals surface area contributed by atoms with E-state index < -0.39 is 10.0 Å². The Morgan fingerprint density at radius 2 is 1.73 bits per heavy atom. The zero-order valence-corrected chi connectivity index (χ0v) is 17.4. The molecule has 0 aliphatic carbocycles. The van der Waals surface area contributed by atoms with Crippen molar-refractivity contribution in [3.8, 4) is 5.75 Å². The molecule has 3 aromatic rings. The quantitative estimate of drug-likeness (QED) is 0.548. The predicted molar refractivity (Wildman–Crippen MR) is 115 cm³/mol. The molecule has 0 saturated heterocycles. The summed E-state index contributed by atoms with van der Waals surface area (Å²) in [7, 11) is -3.76. The fourth-order valence-corrected chi connectivity index (χ4v) is 3.80. The third-order valence-electron chi connectivity index (χ3n) is 4.24. The molecule has 0 fully saturated rings. The lowest BCUT2D eigenvalue weighted by Gasteiger charge is -2.10. The second kappa shape index (κ2) is 9.89. The van der Waals surface area contributed by atoms with Crippen molar-refractivity contribution >= 4 is 21.6 Å². The number of hydrogen-bond donors (Lipinski definition) is 2. The van der Waals surface area contributed by atoms with Crippen LogP contribution in [0.1, 0.15) is 23.0 Å². The zero-order chi connectivity index (χ0) is 21.4. The second-order valence-electron chi connectivity index (χ2n) is 6.41. The van der Waals surface area contributed by atoms with Gasteiger partial charge in [0.05, 0.1) is 11.5 Å². The van der Waals surface area contributed by atoms with Crippen molar-refractivity contribution in [2.24, 2.45) is 0 Å². The van der Waals surface area contributed by atoms with Crippen LogP contribution in [0.4, 0.5) is 5.69 Å². The van der Waals surface area contributed by atoms with Crippen LogP contribution in [-0.4, -0.2) is 32.5 Å². The summed E-state index contributed by atoms with van der Waals surface area (Å²) in [6.45, 7) is 2.85. The number of hydrogen-bond acceptors (Lipinski definition) is 5. The molecule has 0 aliphatic rings. The molecule has 2 aromatic carbocycles. The molecule has 1 aromatic heterocycles. The maximum Gasteiger partial charge on any atom is 0.261 e. The van der Waals surface area contributed by atoms with Crippen molar-refractivity contribution in [3.05, 3.63) is 84.2 Å². The van der Waals surface area contributed by atoms with Gasteiger partial charge in [0.15, 0.2) is 0 Å². The Kier molecular flexibility index (Phi) is 7.03. The van der Waals surface area contributed by atoms with Crippen LogP contribution in [-0.2, 0) is 16.4 Å². The topological polar surface area (TPSA) is 97.4 Å². The molecular weight excluding hydrogens is 402 g/mol. The van der Waals surface area contributed by atoms with Gasteiger partial charge >= 0.3 is 0 Å². The van der Waals surface area contributed by atoms with Crippen molar-refractivity contribution in [1.29, 1.82) is 0 Å². The Morgan fingerprint density at radius 3 is 2.37 bits per heavy atom. The summed E-state index contributed by atoms with van der Waals surface area (Å²) >= 11 is 0. The summed E-state index contributed by atoms with van der Waals surface area (Å²) in [5, 5.41) is 2.81. The highest BCUT2D eigenvalue weighted by molar-refractivity contribution is 7.92. The van der Waals surface area contributed by atoms with Crippen molar-refractivity contribution < 1.29 is 17.9 Å². The van der Waals surface area contributed by atoms with E-state index >= 15 is 0 Å². The van der Waals surface area contributed by atoms with E-state index in [1.165, 1.54) is 24.3 Å². The molecule has 3 rings (SSSR count). The maximum absolute atomic E-state index is 12.6. The van der Waals surface area contributed by atoms with Gasteiger partial charge in [-0.2, -0.15) is 0 Å². The number of nitrogens with one attached hydrogen (secondary N) is 2. The fraction of sp³-hybridized carbons (Fsp3) is 0.182. The van der Waals surface area contributed by atoms with Crippen molar-refractivity contribution in [2.45, 2.75) is 18.2 Å². The molecule has 0 unspecified atom stereocenters. The largest absolute Gasteiger partial charge is 0.494 e. The third kappa shape index (κ3) is 5.81. The van der Waals surface area contributed by atoms with Crippen LogP contribution in [0, 0.1) is 0 Å². The number of sulfonamides is 1. The molecular formula is C22H23N3O4S. The van der Waals surface area contributed by atoms with Gasteiger partial charge in [-0.1, -0.05) is 6.07 Å². The van der Waals surface area contributed by atoms with Gasteiger partial charge in [-0.3, -0.25) is 14.5 Å². The summed E-state index contributed by atoms with van der Waals surface area (Å²) < 4.78 is 33.0. The third-order valence-corrected chi connectivity index (χ3v) is 5.63. The lowest BCUT2D eigenvalue weighted by molar-refractivity contribution is 0.0954. The molecule has 1 heterocycles.